The Kier molecular flexibility index (Phi) is 6.11. The summed E-state index contributed by atoms with van der Waals surface area (Å²) in [6.45, 7) is 4.95. The van der Waals surface area contributed by atoms with Crippen molar-refractivity contribution in [3.05, 3.63) is 25.4 Å². The molecule has 0 amide bonds. The van der Waals surface area contributed by atoms with Crippen LogP contribution in [0.5, 0.6) is 0 Å². The van der Waals surface area contributed by atoms with Crippen molar-refractivity contribution in [2.24, 2.45) is 5.92 Å². The number of hydrogen-bond donors (Lipinski definition) is 1. The third kappa shape index (κ3) is 4.75. The zero-order chi connectivity index (χ0) is 12.8. The highest BCUT2D eigenvalue weighted by Gasteiger charge is 2.10. The predicted octanol–water partition coefficient (Wildman–Crippen LogP) is 2.15. The fraction of sp³-hybridized carbons (Fsp3) is 0.667. The highest BCUT2D eigenvalue weighted by molar-refractivity contribution is 14.1. The average molecular weight is 350 g/mol. The van der Waals surface area contributed by atoms with Crippen molar-refractivity contribution in [3.63, 3.8) is 0 Å². The van der Waals surface area contributed by atoms with Crippen molar-refractivity contribution in [1.82, 2.24) is 9.97 Å². The van der Waals surface area contributed by atoms with Gasteiger partial charge >= 0.3 is 0 Å². The Morgan fingerprint density at radius 1 is 1.47 bits per heavy atom. The Morgan fingerprint density at radius 3 is 2.76 bits per heavy atom. The van der Waals surface area contributed by atoms with Gasteiger partial charge in [0, 0.05) is 20.1 Å². The first kappa shape index (κ1) is 14.6. The Labute approximate surface area is 115 Å². The molecule has 0 saturated carbocycles. The van der Waals surface area contributed by atoms with Crippen LogP contribution in [-0.2, 0) is 17.6 Å². The maximum atomic E-state index is 11.7. The van der Waals surface area contributed by atoms with E-state index >= 15 is 0 Å². The van der Waals surface area contributed by atoms with E-state index in [1.54, 1.807) is 7.11 Å². The van der Waals surface area contributed by atoms with E-state index in [0.717, 1.165) is 30.8 Å². The molecule has 1 rings (SSSR count). The van der Waals surface area contributed by atoms with Gasteiger partial charge in [-0.25, -0.2) is 4.98 Å². The third-order valence-corrected chi connectivity index (χ3v) is 3.46. The Hall–Kier alpha value is -0.430. The molecule has 0 aromatic carbocycles. The van der Waals surface area contributed by atoms with Crippen LogP contribution in [0.25, 0.3) is 0 Å². The molecule has 0 radical (unpaired) electrons. The molecule has 0 aliphatic heterocycles. The molecule has 0 bridgehead atoms. The van der Waals surface area contributed by atoms with E-state index in [-0.39, 0.29) is 5.56 Å². The maximum Gasteiger partial charge on any atom is 0.264 e. The summed E-state index contributed by atoms with van der Waals surface area (Å²) in [6, 6.07) is 0. The minimum atomic E-state index is -0.0244. The molecule has 0 aliphatic rings. The molecule has 4 nitrogen and oxygen atoms in total. The third-order valence-electron chi connectivity index (χ3n) is 2.34. The van der Waals surface area contributed by atoms with E-state index in [2.05, 4.69) is 46.4 Å². The summed E-state index contributed by atoms with van der Waals surface area (Å²) in [5.41, 5.74) is 0.889. The molecular weight excluding hydrogens is 331 g/mol. The number of ether oxygens (including phenoxy) is 1. The lowest BCUT2D eigenvalue weighted by Gasteiger charge is -2.08. The Balaban J connectivity index is 2.86. The normalized spacial score (nSPS) is 11.1. The summed E-state index contributed by atoms with van der Waals surface area (Å²) in [4.78, 5) is 19.1. The first-order valence-corrected chi connectivity index (χ1v) is 6.89. The molecule has 0 spiro atoms. The fourth-order valence-corrected chi connectivity index (χ4v) is 2.06. The van der Waals surface area contributed by atoms with E-state index in [0.29, 0.717) is 16.1 Å². The second-order valence-corrected chi connectivity index (χ2v) is 5.55. The summed E-state index contributed by atoms with van der Waals surface area (Å²) in [5.74, 6) is 1.27. The highest BCUT2D eigenvalue weighted by Crippen LogP contribution is 2.11. The molecule has 0 unspecified atom stereocenters. The summed E-state index contributed by atoms with van der Waals surface area (Å²) in [6.07, 6.45) is 2.48. The van der Waals surface area contributed by atoms with Gasteiger partial charge in [-0.1, -0.05) is 13.8 Å². The van der Waals surface area contributed by atoms with E-state index in [1.165, 1.54) is 0 Å². The second-order valence-electron chi connectivity index (χ2n) is 4.47. The van der Waals surface area contributed by atoms with Gasteiger partial charge in [-0.05, 0) is 41.4 Å². The van der Waals surface area contributed by atoms with Gasteiger partial charge in [-0.2, -0.15) is 0 Å². The zero-order valence-electron chi connectivity index (χ0n) is 10.5. The van der Waals surface area contributed by atoms with Crippen LogP contribution in [0.2, 0.25) is 0 Å². The van der Waals surface area contributed by atoms with Crippen LogP contribution in [-0.4, -0.2) is 23.7 Å². The molecule has 0 fully saturated rings. The smallest absolute Gasteiger partial charge is 0.264 e. The fourth-order valence-electron chi connectivity index (χ4n) is 1.58. The number of nitrogens with zero attached hydrogens (tertiary/aromatic N) is 1. The lowest BCUT2D eigenvalue weighted by Crippen LogP contribution is -2.19. The van der Waals surface area contributed by atoms with Crippen molar-refractivity contribution in [1.29, 1.82) is 0 Å². The first-order valence-electron chi connectivity index (χ1n) is 5.81. The minimum absolute atomic E-state index is 0.0244. The summed E-state index contributed by atoms with van der Waals surface area (Å²) >= 11 is 2.07. The van der Waals surface area contributed by atoms with Crippen LogP contribution in [0.1, 0.15) is 31.8 Å². The van der Waals surface area contributed by atoms with Crippen LogP contribution in [0.3, 0.4) is 0 Å². The average Bonchev–Trinajstić information content (AvgIpc) is 2.25. The zero-order valence-corrected chi connectivity index (χ0v) is 12.7. The van der Waals surface area contributed by atoms with Gasteiger partial charge in [0.05, 0.1) is 9.26 Å². The SMILES string of the molecule is COCCCc1nc(CC(C)C)c(I)c(=O)[nH]1. The molecule has 0 aliphatic carbocycles. The summed E-state index contributed by atoms with van der Waals surface area (Å²) in [5, 5.41) is 0. The number of H-pyrrole nitrogens is 1. The van der Waals surface area contributed by atoms with Crippen molar-refractivity contribution in [2.75, 3.05) is 13.7 Å². The highest BCUT2D eigenvalue weighted by atomic mass is 127. The van der Waals surface area contributed by atoms with Gasteiger partial charge in [0.1, 0.15) is 5.82 Å². The van der Waals surface area contributed by atoms with Gasteiger partial charge in [0.25, 0.3) is 5.56 Å². The number of nitrogens with one attached hydrogen (secondary N) is 1. The van der Waals surface area contributed by atoms with Gasteiger partial charge in [-0.15, -0.1) is 0 Å². The minimum Gasteiger partial charge on any atom is -0.385 e. The number of halogens is 1. The maximum absolute atomic E-state index is 11.7. The van der Waals surface area contributed by atoms with Crippen molar-refractivity contribution in [3.8, 4) is 0 Å². The van der Waals surface area contributed by atoms with E-state index < -0.39 is 0 Å². The van der Waals surface area contributed by atoms with Crippen LogP contribution in [0.4, 0.5) is 0 Å². The topological polar surface area (TPSA) is 55.0 Å². The molecule has 1 aromatic rings. The number of aromatic nitrogens is 2. The van der Waals surface area contributed by atoms with E-state index in [4.69, 9.17) is 4.74 Å². The quantitative estimate of drug-likeness (QED) is 0.632. The second kappa shape index (κ2) is 7.10. The Bertz CT molecular complexity index is 415. The monoisotopic (exact) mass is 350 g/mol. The molecule has 17 heavy (non-hydrogen) atoms. The lowest BCUT2D eigenvalue weighted by molar-refractivity contribution is 0.194. The van der Waals surface area contributed by atoms with Gasteiger partial charge in [-0.3, -0.25) is 4.79 Å². The van der Waals surface area contributed by atoms with Crippen LogP contribution in [0, 0.1) is 9.49 Å². The molecule has 5 heteroatoms. The molecule has 1 aromatic heterocycles. The number of aromatic amines is 1. The van der Waals surface area contributed by atoms with E-state index in [1.807, 2.05) is 0 Å². The molecule has 1 heterocycles. The molecule has 96 valence electrons. The molecular formula is C12H19IN2O2. The summed E-state index contributed by atoms with van der Waals surface area (Å²) in [7, 11) is 1.67. The largest absolute Gasteiger partial charge is 0.385 e. The summed E-state index contributed by atoms with van der Waals surface area (Å²) < 4.78 is 5.71. The number of rotatable bonds is 6. The van der Waals surface area contributed by atoms with Gasteiger partial charge < -0.3 is 9.72 Å². The molecule has 1 N–H and O–H groups in total. The number of hydrogen-bond acceptors (Lipinski definition) is 3. The predicted molar refractivity (Wildman–Crippen MR) is 76.3 cm³/mol. The van der Waals surface area contributed by atoms with Crippen molar-refractivity contribution >= 4 is 22.6 Å². The standard InChI is InChI=1S/C12H19IN2O2/c1-8(2)7-9-11(13)12(16)15-10(14-9)5-4-6-17-3/h8H,4-7H2,1-3H3,(H,14,15,16). The van der Waals surface area contributed by atoms with Crippen molar-refractivity contribution in [2.45, 2.75) is 33.1 Å². The van der Waals surface area contributed by atoms with Crippen LogP contribution >= 0.6 is 22.6 Å². The lowest BCUT2D eigenvalue weighted by atomic mass is 10.1. The van der Waals surface area contributed by atoms with Crippen LogP contribution in [0.15, 0.2) is 4.79 Å². The number of aryl methyl sites for hydroxylation is 1. The molecule has 0 saturated heterocycles. The first-order chi connectivity index (χ1) is 8.04. The van der Waals surface area contributed by atoms with Crippen molar-refractivity contribution < 1.29 is 4.74 Å². The Morgan fingerprint density at radius 2 is 2.18 bits per heavy atom. The van der Waals surface area contributed by atoms with Crippen LogP contribution < -0.4 is 5.56 Å². The van der Waals surface area contributed by atoms with E-state index in [9.17, 15) is 4.79 Å². The molecule has 0 atom stereocenters. The van der Waals surface area contributed by atoms with Gasteiger partial charge in [0.15, 0.2) is 0 Å². The van der Waals surface area contributed by atoms with Gasteiger partial charge in [0.2, 0.25) is 0 Å². The number of methoxy groups -OCH3 is 1.